The Labute approximate surface area is 88.7 Å². The molecule has 1 atom stereocenters. The highest BCUT2D eigenvalue weighted by Gasteiger charge is 2.19. The molecule has 0 aromatic carbocycles. The third kappa shape index (κ3) is 7.34. The van der Waals surface area contributed by atoms with E-state index in [9.17, 15) is 0 Å². The third-order valence-electron chi connectivity index (χ3n) is 2.76. The van der Waals surface area contributed by atoms with E-state index < -0.39 is 0 Å². The van der Waals surface area contributed by atoms with Gasteiger partial charge in [0.15, 0.2) is 0 Å². The fourth-order valence-electron chi connectivity index (χ4n) is 1.70. The van der Waals surface area contributed by atoms with Crippen molar-refractivity contribution in [3.05, 3.63) is 0 Å². The molecule has 0 rings (SSSR count). The van der Waals surface area contributed by atoms with Crippen LogP contribution in [0.15, 0.2) is 0 Å². The normalized spacial score (nSPS) is 14.4. The minimum absolute atomic E-state index is 0.131. The van der Waals surface area contributed by atoms with Gasteiger partial charge in [0.2, 0.25) is 0 Å². The predicted octanol–water partition coefficient (Wildman–Crippen LogP) is 2.85. The van der Waals surface area contributed by atoms with E-state index >= 15 is 0 Å². The van der Waals surface area contributed by atoms with Crippen molar-refractivity contribution in [3.8, 4) is 0 Å². The number of hydrogen-bond donors (Lipinski definition) is 1. The standard InChI is InChI=1S/C12H26O2/c1-5-11(2)10-12(3,4)6-8-14-9-7-13/h11,13H,5-10H2,1-4H3. The highest BCUT2D eigenvalue weighted by Crippen LogP contribution is 2.30. The van der Waals surface area contributed by atoms with Gasteiger partial charge in [-0.25, -0.2) is 0 Å². The second-order valence-electron chi connectivity index (χ2n) is 4.97. The summed E-state index contributed by atoms with van der Waals surface area (Å²) in [5.74, 6) is 0.794. The zero-order valence-corrected chi connectivity index (χ0v) is 10.2. The summed E-state index contributed by atoms with van der Waals surface area (Å²) < 4.78 is 5.28. The van der Waals surface area contributed by atoms with Crippen molar-refractivity contribution >= 4 is 0 Å². The molecule has 0 aromatic heterocycles. The van der Waals surface area contributed by atoms with E-state index in [0.29, 0.717) is 12.0 Å². The van der Waals surface area contributed by atoms with Gasteiger partial charge in [0, 0.05) is 6.61 Å². The van der Waals surface area contributed by atoms with E-state index in [1.54, 1.807) is 0 Å². The molecule has 14 heavy (non-hydrogen) atoms. The van der Waals surface area contributed by atoms with Crippen molar-refractivity contribution in [2.45, 2.75) is 47.0 Å². The molecule has 0 heterocycles. The first-order valence-corrected chi connectivity index (χ1v) is 5.70. The van der Waals surface area contributed by atoms with Gasteiger partial charge in [-0.3, -0.25) is 0 Å². The van der Waals surface area contributed by atoms with Crippen LogP contribution in [0.25, 0.3) is 0 Å². The second-order valence-corrected chi connectivity index (χ2v) is 4.97. The lowest BCUT2D eigenvalue weighted by molar-refractivity contribution is 0.0678. The molecule has 2 nitrogen and oxygen atoms in total. The number of aliphatic hydroxyl groups excluding tert-OH is 1. The maximum atomic E-state index is 8.55. The lowest BCUT2D eigenvalue weighted by Crippen LogP contribution is -2.18. The summed E-state index contributed by atoms with van der Waals surface area (Å²) in [5, 5.41) is 8.55. The number of rotatable bonds is 8. The van der Waals surface area contributed by atoms with E-state index in [-0.39, 0.29) is 6.61 Å². The van der Waals surface area contributed by atoms with E-state index in [4.69, 9.17) is 9.84 Å². The van der Waals surface area contributed by atoms with Crippen molar-refractivity contribution in [1.82, 2.24) is 0 Å². The van der Waals surface area contributed by atoms with Gasteiger partial charge in [0.1, 0.15) is 0 Å². The molecular weight excluding hydrogens is 176 g/mol. The molecule has 0 fully saturated rings. The first kappa shape index (κ1) is 13.9. The third-order valence-corrected chi connectivity index (χ3v) is 2.76. The van der Waals surface area contributed by atoms with Gasteiger partial charge in [0.05, 0.1) is 13.2 Å². The summed E-state index contributed by atoms with van der Waals surface area (Å²) >= 11 is 0. The van der Waals surface area contributed by atoms with Crippen LogP contribution >= 0.6 is 0 Å². The number of ether oxygens (including phenoxy) is 1. The molecule has 86 valence electrons. The van der Waals surface area contributed by atoms with Crippen LogP contribution < -0.4 is 0 Å². The Morgan fingerprint density at radius 1 is 1.29 bits per heavy atom. The molecule has 0 spiro atoms. The Morgan fingerprint density at radius 2 is 1.93 bits per heavy atom. The van der Waals surface area contributed by atoms with Crippen LogP contribution in [0, 0.1) is 11.3 Å². The largest absolute Gasteiger partial charge is 0.394 e. The quantitative estimate of drug-likeness (QED) is 0.613. The Morgan fingerprint density at radius 3 is 2.43 bits per heavy atom. The maximum Gasteiger partial charge on any atom is 0.0697 e. The van der Waals surface area contributed by atoms with E-state index in [2.05, 4.69) is 27.7 Å². The van der Waals surface area contributed by atoms with E-state index in [1.165, 1.54) is 12.8 Å². The Balaban J connectivity index is 3.60. The summed E-state index contributed by atoms with van der Waals surface area (Å²) in [6, 6.07) is 0. The minimum Gasteiger partial charge on any atom is -0.394 e. The molecule has 1 N–H and O–H groups in total. The molecule has 0 saturated carbocycles. The lowest BCUT2D eigenvalue weighted by Gasteiger charge is -2.27. The van der Waals surface area contributed by atoms with Crippen LogP contribution in [0.1, 0.15) is 47.0 Å². The van der Waals surface area contributed by atoms with Crippen LogP contribution in [-0.2, 0) is 4.74 Å². The molecular formula is C12H26O2. The van der Waals surface area contributed by atoms with Crippen LogP contribution in [-0.4, -0.2) is 24.9 Å². The SMILES string of the molecule is CCC(C)CC(C)(C)CCOCCO. The smallest absolute Gasteiger partial charge is 0.0697 e. The van der Waals surface area contributed by atoms with Gasteiger partial charge in [0.25, 0.3) is 0 Å². The van der Waals surface area contributed by atoms with Crippen molar-refractivity contribution in [3.63, 3.8) is 0 Å². The van der Waals surface area contributed by atoms with Crippen molar-refractivity contribution in [2.24, 2.45) is 11.3 Å². The summed E-state index contributed by atoms with van der Waals surface area (Å²) in [4.78, 5) is 0. The molecule has 0 aliphatic heterocycles. The van der Waals surface area contributed by atoms with Crippen molar-refractivity contribution < 1.29 is 9.84 Å². The molecule has 0 radical (unpaired) electrons. The highest BCUT2D eigenvalue weighted by molar-refractivity contribution is 4.71. The monoisotopic (exact) mass is 202 g/mol. The van der Waals surface area contributed by atoms with Gasteiger partial charge in [-0.05, 0) is 24.2 Å². The van der Waals surface area contributed by atoms with Crippen LogP contribution in [0.4, 0.5) is 0 Å². The van der Waals surface area contributed by atoms with E-state index in [0.717, 1.165) is 18.9 Å². The van der Waals surface area contributed by atoms with Gasteiger partial charge >= 0.3 is 0 Å². The fourth-order valence-corrected chi connectivity index (χ4v) is 1.70. The predicted molar refractivity (Wildman–Crippen MR) is 60.4 cm³/mol. The van der Waals surface area contributed by atoms with Crippen LogP contribution in [0.5, 0.6) is 0 Å². The molecule has 0 bridgehead atoms. The van der Waals surface area contributed by atoms with Gasteiger partial charge in [-0.2, -0.15) is 0 Å². The molecule has 0 saturated heterocycles. The molecule has 0 aliphatic carbocycles. The fraction of sp³-hybridized carbons (Fsp3) is 1.00. The van der Waals surface area contributed by atoms with Crippen LogP contribution in [0.2, 0.25) is 0 Å². The number of hydrogen-bond acceptors (Lipinski definition) is 2. The summed E-state index contributed by atoms with van der Waals surface area (Å²) in [6.07, 6.45) is 3.59. The Bertz CT molecular complexity index is 132. The number of aliphatic hydroxyl groups is 1. The minimum atomic E-state index is 0.131. The van der Waals surface area contributed by atoms with E-state index in [1.807, 2.05) is 0 Å². The summed E-state index contributed by atoms with van der Waals surface area (Å²) in [7, 11) is 0. The van der Waals surface area contributed by atoms with Crippen molar-refractivity contribution in [1.29, 1.82) is 0 Å². The Kier molecular flexibility index (Phi) is 7.20. The topological polar surface area (TPSA) is 29.5 Å². The first-order valence-electron chi connectivity index (χ1n) is 5.70. The molecule has 0 aliphatic rings. The molecule has 0 aromatic rings. The molecule has 0 amide bonds. The molecule has 2 heteroatoms. The molecule has 1 unspecified atom stereocenters. The Hall–Kier alpha value is -0.0800. The zero-order valence-electron chi connectivity index (χ0n) is 10.2. The maximum absolute atomic E-state index is 8.55. The van der Waals surface area contributed by atoms with Crippen molar-refractivity contribution in [2.75, 3.05) is 19.8 Å². The summed E-state index contributed by atoms with van der Waals surface area (Å²) in [6.45, 7) is 10.5. The van der Waals surface area contributed by atoms with Crippen LogP contribution in [0.3, 0.4) is 0 Å². The average molecular weight is 202 g/mol. The first-order chi connectivity index (χ1) is 6.52. The lowest BCUT2D eigenvalue weighted by atomic mass is 9.80. The highest BCUT2D eigenvalue weighted by atomic mass is 16.5. The van der Waals surface area contributed by atoms with Gasteiger partial charge in [-0.15, -0.1) is 0 Å². The zero-order chi connectivity index (χ0) is 11.0. The second kappa shape index (κ2) is 7.24. The van der Waals surface area contributed by atoms with Gasteiger partial charge < -0.3 is 9.84 Å². The average Bonchev–Trinajstić information content (AvgIpc) is 2.12. The van der Waals surface area contributed by atoms with Gasteiger partial charge in [-0.1, -0.05) is 34.1 Å². The summed E-state index contributed by atoms with van der Waals surface area (Å²) in [5.41, 5.74) is 0.366.